The molecule has 1 aliphatic heterocycles. The lowest BCUT2D eigenvalue weighted by molar-refractivity contribution is -0.166. The van der Waals surface area contributed by atoms with Crippen LogP contribution in [0.4, 0.5) is 5.82 Å². The molecule has 0 amide bonds. The molecule has 1 aliphatic rings. The lowest BCUT2D eigenvalue weighted by Gasteiger charge is -2.23. The molecule has 0 N–H and O–H groups in total. The Kier molecular flexibility index (Phi) is 10.3. The van der Waals surface area contributed by atoms with Crippen LogP contribution >= 0.6 is 7.74 Å². The van der Waals surface area contributed by atoms with E-state index in [1.54, 1.807) is 20.8 Å². The van der Waals surface area contributed by atoms with Crippen LogP contribution in [0.15, 0.2) is 17.4 Å². The monoisotopic (exact) mass is 557 g/mol. The van der Waals surface area contributed by atoms with Crippen molar-refractivity contribution in [3.05, 3.63) is 12.7 Å². The van der Waals surface area contributed by atoms with Gasteiger partial charge in [-0.05, 0) is 20.8 Å². The van der Waals surface area contributed by atoms with Crippen molar-refractivity contribution in [2.75, 3.05) is 26.4 Å². The first-order chi connectivity index (χ1) is 18.1. The first kappa shape index (κ1) is 29.6. The van der Waals surface area contributed by atoms with Gasteiger partial charge in [-0.25, -0.2) is 15.0 Å². The second-order valence-electron chi connectivity index (χ2n) is 7.86. The van der Waals surface area contributed by atoms with E-state index in [1.807, 2.05) is 0 Å². The summed E-state index contributed by atoms with van der Waals surface area (Å²) in [6, 6.07) is 0. The van der Waals surface area contributed by atoms with Gasteiger partial charge >= 0.3 is 25.6 Å². The number of aromatic nitrogens is 4. The van der Waals surface area contributed by atoms with Crippen molar-refractivity contribution in [2.45, 2.75) is 66.1 Å². The molecule has 15 nitrogen and oxygen atoms in total. The highest BCUT2D eigenvalue weighted by molar-refractivity contribution is 7.51. The minimum absolute atomic E-state index is 0.160. The van der Waals surface area contributed by atoms with E-state index < -0.39 is 50.2 Å². The number of ether oxygens (including phenoxy) is 4. The number of hydrogen-bond donors (Lipinski definition) is 0. The summed E-state index contributed by atoms with van der Waals surface area (Å²) in [5, 5.41) is 0. The van der Waals surface area contributed by atoms with Gasteiger partial charge in [-0.2, -0.15) is 4.74 Å². The molecule has 0 unspecified atom stereocenters. The van der Waals surface area contributed by atoms with Gasteiger partial charge in [0.05, 0.1) is 26.1 Å². The SMILES string of the molecule is CCOP(=Nc1ncnc2c1ncn2[C@@H]1O[C@H](COC(C)=O)[C@@H](OC(C)=O)[C@H]1OC(C)=O)(OCC)OCC. The molecular formula is C22H32N5O10P. The normalized spacial score (nSPS) is 21.3. The predicted octanol–water partition coefficient (Wildman–Crippen LogP) is 2.84. The number of carbonyl (C=O) groups is 3. The van der Waals surface area contributed by atoms with Crippen molar-refractivity contribution in [2.24, 2.45) is 4.74 Å². The van der Waals surface area contributed by atoms with E-state index in [-0.39, 0.29) is 23.6 Å². The lowest BCUT2D eigenvalue weighted by atomic mass is 10.1. The molecule has 16 heteroatoms. The van der Waals surface area contributed by atoms with E-state index in [4.69, 9.17) is 32.5 Å². The fourth-order valence-electron chi connectivity index (χ4n) is 3.82. The van der Waals surface area contributed by atoms with Crippen molar-refractivity contribution in [1.29, 1.82) is 0 Å². The van der Waals surface area contributed by atoms with Gasteiger partial charge in [0.15, 0.2) is 35.4 Å². The Morgan fingerprint density at radius 1 is 0.921 bits per heavy atom. The zero-order chi connectivity index (χ0) is 27.9. The highest BCUT2D eigenvalue weighted by atomic mass is 31.2. The first-order valence-electron chi connectivity index (χ1n) is 12.0. The third kappa shape index (κ3) is 6.91. The number of imidazole rings is 1. The molecule has 210 valence electrons. The summed E-state index contributed by atoms with van der Waals surface area (Å²) >= 11 is 0. The molecule has 4 atom stereocenters. The standard InChI is InChI=1S/C22H32N5O10P/c1-7-32-38(33-8-2,34-9-3)26-20-17-21(24-11-23-20)27(12-25-17)22-19(36-15(6)30)18(35-14(5)29)16(37-22)10-31-13(4)28/h11-12,16,18-19,22H,7-10H2,1-6H3/t16-,18-,19-,22-/m1/s1. The summed E-state index contributed by atoms with van der Waals surface area (Å²) in [5.41, 5.74) is 0.548. The van der Waals surface area contributed by atoms with E-state index in [9.17, 15) is 14.4 Å². The molecule has 1 saturated heterocycles. The van der Waals surface area contributed by atoms with Crippen LogP contribution in [0.1, 0.15) is 47.8 Å². The Hall–Kier alpha value is -2.97. The van der Waals surface area contributed by atoms with Crippen molar-refractivity contribution in [1.82, 2.24) is 19.5 Å². The Morgan fingerprint density at radius 2 is 1.53 bits per heavy atom. The summed E-state index contributed by atoms with van der Waals surface area (Å²) in [6.07, 6.45) is -1.48. The number of hydrogen-bond acceptors (Lipinski definition) is 14. The number of nitrogens with zero attached hydrogens (tertiary/aromatic N) is 5. The van der Waals surface area contributed by atoms with Crippen molar-refractivity contribution in [3.63, 3.8) is 0 Å². The molecule has 0 spiro atoms. The van der Waals surface area contributed by atoms with Gasteiger partial charge in [0.25, 0.3) is 0 Å². The molecule has 1 fully saturated rings. The number of esters is 3. The molecule has 0 bridgehead atoms. The number of fused-ring (bicyclic) bond motifs is 1. The van der Waals surface area contributed by atoms with Crippen LogP contribution < -0.4 is 0 Å². The van der Waals surface area contributed by atoms with Crippen LogP contribution in [-0.4, -0.2) is 82.2 Å². The largest absolute Gasteiger partial charge is 0.463 e. The summed E-state index contributed by atoms with van der Waals surface area (Å²) < 4.78 is 45.5. The van der Waals surface area contributed by atoms with E-state index in [0.29, 0.717) is 19.8 Å². The Morgan fingerprint density at radius 3 is 2.08 bits per heavy atom. The van der Waals surface area contributed by atoms with Gasteiger partial charge in [-0.3, -0.25) is 19.0 Å². The Balaban J connectivity index is 2.10. The molecule has 0 aromatic carbocycles. The van der Waals surface area contributed by atoms with Crippen LogP contribution in [-0.2, 0) is 46.9 Å². The first-order valence-corrected chi connectivity index (χ1v) is 13.5. The molecular weight excluding hydrogens is 525 g/mol. The van der Waals surface area contributed by atoms with E-state index in [2.05, 4.69) is 19.7 Å². The minimum Gasteiger partial charge on any atom is -0.463 e. The average molecular weight is 557 g/mol. The predicted molar refractivity (Wildman–Crippen MR) is 131 cm³/mol. The second kappa shape index (κ2) is 13.2. The maximum atomic E-state index is 12.0. The molecule has 0 radical (unpaired) electrons. The van der Waals surface area contributed by atoms with Gasteiger partial charge in [0.1, 0.15) is 19.0 Å². The molecule has 2 aromatic rings. The molecule has 38 heavy (non-hydrogen) atoms. The maximum absolute atomic E-state index is 12.0. The third-order valence-electron chi connectivity index (χ3n) is 5.05. The summed E-state index contributed by atoms with van der Waals surface area (Å²) in [6.45, 7) is 9.68. The molecule has 2 aromatic heterocycles. The van der Waals surface area contributed by atoms with E-state index in [0.717, 1.165) is 0 Å². The second-order valence-corrected chi connectivity index (χ2v) is 9.77. The smallest absolute Gasteiger partial charge is 0.362 e. The van der Waals surface area contributed by atoms with Gasteiger partial charge < -0.3 is 32.5 Å². The number of rotatable bonds is 12. The quantitative estimate of drug-likeness (QED) is 0.212. The van der Waals surface area contributed by atoms with Crippen molar-refractivity contribution < 1.29 is 46.9 Å². The van der Waals surface area contributed by atoms with Gasteiger partial charge in [0.2, 0.25) is 0 Å². The number of carbonyl (C=O) groups excluding carboxylic acids is 3. The highest BCUT2D eigenvalue weighted by Gasteiger charge is 2.51. The molecule has 3 rings (SSSR count). The fourth-order valence-corrected chi connectivity index (χ4v) is 5.57. The van der Waals surface area contributed by atoms with Crippen molar-refractivity contribution in [3.8, 4) is 0 Å². The van der Waals surface area contributed by atoms with E-state index >= 15 is 0 Å². The minimum atomic E-state index is -3.14. The van der Waals surface area contributed by atoms with Crippen LogP contribution in [0.5, 0.6) is 0 Å². The summed E-state index contributed by atoms with van der Waals surface area (Å²) in [4.78, 5) is 48.2. The fraction of sp³-hybridized carbons (Fsp3) is 0.636. The average Bonchev–Trinajstić information content (AvgIpc) is 3.40. The third-order valence-corrected chi connectivity index (χ3v) is 7.24. The molecule has 0 aliphatic carbocycles. The van der Waals surface area contributed by atoms with Crippen LogP contribution in [0.3, 0.4) is 0 Å². The Bertz CT molecular complexity index is 1180. The molecule has 0 saturated carbocycles. The molecule has 3 heterocycles. The van der Waals surface area contributed by atoms with Crippen LogP contribution in [0.25, 0.3) is 11.2 Å². The zero-order valence-electron chi connectivity index (χ0n) is 22.1. The van der Waals surface area contributed by atoms with Gasteiger partial charge in [0, 0.05) is 20.8 Å². The summed E-state index contributed by atoms with van der Waals surface area (Å²) in [5.74, 6) is -1.67. The highest BCUT2D eigenvalue weighted by Crippen LogP contribution is 2.55. The zero-order valence-corrected chi connectivity index (χ0v) is 23.0. The Labute approximate surface area is 219 Å². The van der Waals surface area contributed by atoms with Gasteiger partial charge in [-0.15, -0.1) is 0 Å². The topological polar surface area (TPSA) is 172 Å². The van der Waals surface area contributed by atoms with E-state index in [1.165, 1.54) is 38.0 Å². The van der Waals surface area contributed by atoms with Crippen molar-refractivity contribution >= 4 is 42.6 Å². The lowest BCUT2D eigenvalue weighted by Crippen LogP contribution is -2.40. The maximum Gasteiger partial charge on any atom is 0.362 e. The van der Waals surface area contributed by atoms with Crippen LogP contribution in [0.2, 0.25) is 0 Å². The van der Waals surface area contributed by atoms with Crippen LogP contribution in [0, 0.1) is 0 Å². The van der Waals surface area contributed by atoms with Gasteiger partial charge in [-0.1, -0.05) is 0 Å². The summed E-state index contributed by atoms with van der Waals surface area (Å²) in [7, 11) is -3.14.